The summed E-state index contributed by atoms with van der Waals surface area (Å²) in [5.74, 6) is 6.68. The fourth-order valence-corrected chi connectivity index (χ4v) is 7.38. The standard InChI is InChI=1S/3C10H14.C9H13N.C9H12.C8H13N.C7H12N2.C7H10N2/c3*1-9(2)8-10-6-4-3-5-7-10;1-8(2)7-9-5-3-4-6-10-9;1-8(2)9-6-4-3-5-7-9;1-7(2)6-8-4-3-5-9-8;1-6(2)5-7-8-3-4-9-7;1-6(2)7-4-3-5-8-9-7/h3*3-7,9H,8H2,1-2H3;3-6,8H,7H2,1-2H3;3-8H,1-2H3;3-5,7,9H,6H2,1-2H3;3-4,6H,5H2,1-2H3,(H,8,9);3-6H,1-2H3. The lowest BCUT2D eigenvalue weighted by Gasteiger charge is -2.02. The summed E-state index contributed by atoms with van der Waals surface area (Å²) in [4.78, 5) is 14.5. The molecule has 6 heteroatoms. The van der Waals surface area contributed by atoms with Gasteiger partial charge in [0.1, 0.15) is 5.82 Å². The van der Waals surface area contributed by atoms with Crippen molar-refractivity contribution in [3.8, 4) is 0 Å². The average Bonchev–Trinajstić information content (AvgIpc) is 4.11. The summed E-state index contributed by atoms with van der Waals surface area (Å²) in [6, 6.07) is 56.5. The van der Waals surface area contributed by atoms with Gasteiger partial charge in [-0.1, -0.05) is 238 Å². The molecule has 6 nitrogen and oxygen atoms in total. The number of aromatic amines is 2. The number of nitrogens with zero attached hydrogens (tertiary/aromatic N) is 4. The van der Waals surface area contributed by atoms with Gasteiger partial charge in [-0.05, 0) is 138 Å². The van der Waals surface area contributed by atoms with Crippen LogP contribution in [0.15, 0.2) is 195 Å². The number of H-pyrrole nitrogens is 2. The second-order valence-corrected chi connectivity index (χ2v) is 22.5. The van der Waals surface area contributed by atoms with Gasteiger partial charge in [0.2, 0.25) is 0 Å². The van der Waals surface area contributed by atoms with E-state index in [2.05, 4.69) is 268 Å². The lowest BCUT2D eigenvalue weighted by atomic mass is 10.0. The van der Waals surface area contributed by atoms with Gasteiger partial charge in [-0.15, -0.1) is 0 Å². The molecule has 0 saturated carbocycles. The Labute approximate surface area is 464 Å². The summed E-state index contributed by atoms with van der Waals surface area (Å²) in [5, 5.41) is 7.68. The lowest BCUT2D eigenvalue weighted by molar-refractivity contribution is 0.626. The van der Waals surface area contributed by atoms with Crippen LogP contribution in [-0.4, -0.2) is 30.1 Å². The van der Waals surface area contributed by atoms with E-state index in [0.29, 0.717) is 23.7 Å². The van der Waals surface area contributed by atoms with E-state index in [0.717, 1.165) is 54.5 Å². The van der Waals surface area contributed by atoms with Crippen molar-refractivity contribution < 1.29 is 0 Å². The summed E-state index contributed by atoms with van der Waals surface area (Å²) in [6.45, 7) is 35.3. The van der Waals surface area contributed by atoms with Crippen molar-refractivity contribution in [3.63, 3.8) is 0 Å². The lowest BCUT2D eigenvalue weighted by Crippen LogP contribution is -1.95. The third kappa shape index (κ3) is 39.1. The highest BCUT2D eigenvalue weighted by atomic mass is 15.1. The van der Waals surface area contributed by atoms with Crippen LogP contribution in [0.25, 0.3) is 0 Å². The van der Waals surface area contributed by atoms with Gasteiger partial charge in [0.05, 0.1) is 5.69 Å². The van der Waals surface area contributed by atoms with Crippen LogP contribution in [0.1, 0.15) is 168 Å². The maximum atomic E-state index is 4.22. The summed E-state index contributed by atoms with van der Waals surface area (Å²) >= 11 is 0. The van der Waals surface area contributed by atoms with Crippen molar-refractivity contribution in [2.24, 2.45) is 35.5 Å². The van der Waals surface area contributed by atoms with E-state index in [4.69, 9.17) is 0 Å². The monoisotopic (exact) mass is 1030 g/mol. The Kier molecular flexibility index (Phi) is 38.1. The second-order valence-electron chi connectivity index (χ2n) is 22.5. The van der Waals surface area contributed by atoms with E-state index in [1.807, 2.05) is 55.0 Å². The number of hydrogen-bond donors (Lipinski definition) is 2. The van der Waals surface area contributed by atoms with Gasteiger partial charge in [0, 0.05) is 48.8 Å². The zero-order valence-electron chi connectivity index (χ0n) is 50.1. The van der Waals surface area contributed by atoms with Gasteiger partial charge in [-0.25, -0.2) is 4.98 Å². The number of aromatic nitrogens is 6. The van der Waals surface area contributed by atoms with Crippen molar-refractivity contribution in [2.75, 3.05) is 0 Å². The van der Waals surface area contributed by atoms with Gasteiger partial charge in [-0.2, -0.15) is 10.2 Å². The van der Waals surface area contributed by atoms with Crippen molar-refractivity contribution >= 4 is 0 Å². The van der Waals surface area contributed by atoms with Crippen molar-refractivity contribution in [1.82, 2.24) is 30.1 Å². The van der Waals surface area contributed by atoms with Crippen LogP contribution in [-0.2, 0) is 38.5 Å². The Balaban J connectivity index is 0.000000434. The number of benzene rings is 4. The summed E-state index contributed by atoms with van der Waals surface area (Å²) in [5.41, 5.74) is 9.32. The predicted molar refractivity (Wildman–Crippen MR) is 331 cm³/mol. The van der Waals surface area contributed by atoms with Crippen LogP contribution >= 0.6 is 0 Å². The zero-order valence-corrected chi connectivity index (χ0v) is 50.1. The van der Waals surface area contributed by atoms with Crippen LogP contribution in [0.4, 0.5) is 0 Å². The molecule has 0 unspecified atom stereocenters. The van der Waals surface area contributed by atoms with Crippen molar-refractivity contribution in [2.45, 2.75) is 161 Å². The summed E-state index contributed by atoms with van der Waals surface area (Å²) < 4.78 is 0. The fraction of sp³-hybridized carbons (Fsp3) is 0.429. The molecule has 4 aromatic heterocycles. The third-order valence-corrected chi connectivity index (χ3v) is 10.9. The topological polar surface area (TPSA) is 83.1 Å². The molecule has 76 heavy (non-hydrogen) atoms. The molecule has 0 aliphatic carbocycles. The maximum absolute atomic E-state index is 4.22. The number of hydrogen-bond acceptors (Lipinski definition) is 4. The molecule has 0 aliphatic rings. The summed E-state index contributed by atoms with van der Waals surface area (Å²) in [7, 11) is 0. The normalized spacial score (nSPS) is 10.3. The molecule has 0 saturated heterocycles. The highest BCUT2D eigenvalue weighted by Crippen LogP contribution is 2.13. The van der Waals surface area contributed by atoms with Gasteiger partial charge in [-0.3, -0.25) is 4.98 Å². The molecular formula is C70H102N6. The molecule has 4 heterocycles. The van der Waals surface area contributed by atoms with E-state index in [-0.39, 0.29) is 0 Å². The largest absolute Gasteiger partial charge is 0.365 e. The second kappa shape index (κ2) is 42.8. The van der Waals surface area contributed by atoms with E-state index < -0.39 is 0 Å². The van der Waals surface area contributed by atoms with Gasteiger partial charge in [0.15, 0.2) is 0 Å². The number of rotatable bonds is 14. The first kappa shape index (κ1) is 67.6. The smallest absolute Gasteiger partial charge is 0.106 e. The van der Waals surface area contributed by atoms with Crippen molar-refractivity contribution in [3.05, 3.63) is 240 Å². The maximum Gasteiger partial charge on any atom is 0.106 e. The molecule has 0 fully saturated rings. The van der Waals surface area contributed by atoms with E-state index in [1.54, 1.807) is 12.4 Å². The zero-order chi connectivity index (χ0) is 56.4. The molecule has 0 spiro atoms. The van der Waals surface area contributed by atoms with E-state index in [9.17, 15) is 0 Å². The van der Waals surface area contributed by atoms with Gasteiger partial charge < -0.3 is 9.97 Å². The Hall–Kier alpha value is -6.40. The summed E-state index contributed by atoms with van der Waals surface area (Å²) in [6.07, 6.45) is 16.0. The molecule has 412 valence electrons. The van der Waals surface area contributed by atoms with Gasteiger partial charge in [0.25, 0.3) is 0 Å². The first-order valence-electron chi connectivity index (χ1n) is 28.3. The van der Waals surface area contributed by atoms with Crippen LogP contribution in [0.5, 0.6) is 0 Å². The van der Waals surface area contributed by atoms with Crippen LogP contribution in [0.2, 0.25) is 0 Å². The molecule has 0 amide bonds. The molecule has 4 aromatic carbocycles. The Morgan fingerprint density at radius 3 is 1.08 bits per heavy atom. The highest BCUT2D eigenvalue weighted by Gasteiger charge is 2.00. The first-order chi connectivity index (χ1) is 36.3. The Morgan fingerprint density at radius 2 is 0.776 bits per heavy atom. The molecule has 0 atom stereocenters. The molecule has 8 aromatic rings. The average molecular weight is 1030 g/mol. The van der Waals surface area contributed by atoms with Crippen LogP contribution in [0.3, 0.4) is 0 Å². The van der Waals surface area contributed by atoms with Gasteiger partial charge >= 0.3 is 0 Å². The minimum Gasteiger partial charge on any atom is -0.365 e. The number of nitrogens with one attached hydrogen (secondary N) is 2. The predicted octanol–water partition coefficient (Wildman–Crippen LogP) is 19.2. The van der Waals surface area contributed by atoms with E-state index in [1.165, 1.54) is 52.9 Å². The fourth-order valence-electron chi connectivity index (χ4n) is 7.38. The Bertz CT molecular complexity index is 2130. The minimum absolute atomic E-state index is 0.485. The SMILES string of the molecule is CC(C)Cc1ccc[nH]1.CC(C)Cc1ccccc1.CC(C)Cc1ccccc1.CC(C)Cc1ccccc1.CC(C)Cc1ccccn1.CC(C)Cc1ncc[nH]1.CC(C)c1ccccc1.CC(C)c1cccnn1. The number of pyridine rings is 1. The molecular weight excluding hydrogens is 925 g/mol. The molecule has 0 radical (unpaired) electrons. The molecule has 0 aliphatic heterocycles. The molecule has 2 N–H and O–H groups in total. The Morgan fingerprint density at radius 1 is 0.329 bits per heavy atom. The molecule has 0 bridgehead atoms. The van der Waals surface area contributed by atoms with Crippen LogP contribution < -0.4 is 0 Å². The van der Waals surface area contributed by atoms with Crippen LogP contribution in [0, 0.1) is 35.5 Å². The quantitative estimate of drug-likeness (QED) is 0.114. The first-order valence-corrected chi connectivity index (χ1v) is 28.3. The third-order valence-electron chi connectivity index (χ3n) is 10.9. The highest BCUT2D eigenvalue weighted by molar-refractivity contribution is 5.18. The number of imidazole rings is 1. The van der Waals surface area contributed by atoms with Crippen molar-refractivity contribution in [1.29, 1.82) is 0 Å². The minimum atomic E-state index is 0.485. The molecule has 8 rings (SSSR count). The van der Waals surface area contributed by atoms with E-state index >= 15 is 0 Å².